The molecule has 2 nitrogen and oxygen atoms in total. The van der Waals surface area contributed by atoms with Gasteiger partial charge in [-0.2, -0.15) is 0 Å². The third-order valence-electron chi connectivity index (χ3n) is 1.26. The molecule has 0 aromatic heterocycles. The molecule has 0 aromatic carbocycles. The highest BCUT2D eigenvalue weighted by molar-refractivity contribution is 5.85. The van der Waals surface area contributed by atoms with Gasteiger partial charge in [-0.15, -0.1) is 24.8 Å². The lowest BCUT2D eigenvalue weighted by Gasteiger charge is -2.03. The van der Waals surface area contributed by atoms with Gasteiger partial charge in [0.25, 0.3) is 0 Å². The maximum atomic E-state index is 5.55. The molecule has 0 heterocycles. The van der Waals surface area contributed by atoms with Crippen molar-refractivity contribution in [2.75, 3.05) is 13.1 Å². The molecular formula is C7H20Cl2N2. The van der Waals surface area contributed by atoms with E-state index in [2.05, 4.69) is 12.2 Å². The average Bonchev–Trinajstić information content (AvgIpc) is 1.80. The molecule has 0 saturated carbocycles. The van der Waals surface area contributed by atoms with Crippen molar-refractivity contribution in [3.8, 4) is 0 Å². The first-order valence-electron chi connectivity index (χ1n) is 3.73. The molecule has 0 aliphatic rings. The Morgan fingerprint density at radius 3 is 2.27 bits per heavy atom. The molecule has 0 aliphatic carbocycles. The molecule has 0 fully saturated rings. The lowest BCUT2D eigenvalue weighted by atomic mass is 10.2. The summed E-state index contributed by atoms with van der Waals surface area (Å²) in [5, 5.41) is 3.25. The Morgan fingerprint density at radius 1 is 1.36 bits per heavy atom. The smallest absolute Gasteiger partial charge is 0.00109 e. The average molecular weight is 203 g/mol. The maximum absolute atomic E-state index is 5.55. The van der Waals surface area contributed by atoms with Crippen LogP contribution in [0.3, 0.4) is 0 Å². The summed E-state index contributed by atoms with van der Waals surface area (Å²) >= 11 is 0. The van der Waals surface area contributed by atoms with Crippen LogP contribution in [0, 0.1) is 0 Å². The molecular weight excluding hydrogens is 183 g/mol. The zero-order chi connectivity index (χ0) is 7.11. The van der Waals surface area contributed by atoms with E-state index in [4.69, 9.17) is 5.73 Å². The van der Waals surface area contributed by atoms with Gasteiger partial charge >= 0.3 is 0 Å². The molecule has 0 spiro atoms. The van der Waals surface area contributed by atoms with Gasteiger partial charge in [0.1, 0.15) is 0 Å². The molecule has 0 aromatic rings. The lowest BCUT2D eigenvalue weighted by molar-refractivity contribution is 0.584. The molecule has 1 unspecified atom stereocenters. The molecule has 1 atom stereocenters. The first-order chi connectivity index (χ1) is 4.27. The van der Waals surface area contributed by atoms with Crippen molar-refractivity contribution in [1.29, 1.82) is 0 Å². The van der Waals surface area contributed by atoms with E-state index in [0.717, 1.165) is 19.5 Å². The summed E-state index contributed by atoms with van der Waals surface area (Å²) in [6.07, 6.45) is 2.33. The first kappa shape index (κ1) is 17.5. The van der Waals surface area contributed by atoms with Crippen LogP contribution in [0.25, 0.3) is 0 Å². The van der Waals surface area contributed by atoms with Crippen LogP contribution in [-0.4, -0.2) is 19.1 Å². The summed E-state index contributed by atoms with van der Waals surface area (Å²) in [5.74, 6) is 0. The second kappa shape index (κ2) is 13.1. The summed E-state index contributed by atoms with van der Waals surface area (Å²) in [6, 6.07) is 0.364. The van der Waals surface area contributed by atoms with Gasteiger partial charge in [-0.3, -0.25) is 0 Å². The Morgan fingerprint density at radius 2 is 1.91 bits per heavy atom. The minimum Gasteiger partial charge on any atom is -0.328 e. The quantitative estimate of drug-likeness (QED) is 0.665. The van der Waals surface area contributed by atoms with E-state index in [1.54, 1.807) is 0 Å². The van der Waals surface area contributed by atoms with E-state index in [9.17, 15) is 0 Å². The van der Waals surface area contributed by atoms with Crippen molar-refractivity contribution in [1.82, 2.24) is 5.32 Å². The van der Waals surface area contributed by atoms with Gasteiger partial charge in [0, 0.05) is 6.04 Å². The van der Waals surface area contributed by atoms with E-state index in [1.165, 1.54) is 6.42 Å². The predicted octanol–water partition coefficient (Wildman–Crippen LogP) is 1.57. The largest absolute Gasteiger partial charge is 0.328 e. The van der Waals surface area contributed by atoms with Crippen LogP contribution in [0.15, 0.2) is 0 Å². The van der Waals surface area contributed by atoms with E-state index in [-0.39, 0.29) is 24.8 Å². The summed E-state index contributed by atoms with van der Waals surface area (Å²) < 4.78 is 0. The summed E-state index contributed by atoms with van der Waals surface area (Å²) in [6.45, 7) is 6.34. The van der Waals surface area contributed by atoms with Crippen molar-refractivity contribution < 1.29 is 0 Å². The number of nitrogens with one attached hydrogen (secondary N) is 1. The molecule has 3 N–H and O–H groups in total. The number of nitrogens with two attached hydrogens (primary N) is 1. The Balaban J connectivity index is -0.000000320. The highest BCUT2D eigenvalue weighted by Gasteiger charge is 1.91. The van der Waals surface area contributed by atoms with Gasteiger partial charge in [0.2, 0.25) is 0 Å². The molecule has 0 amide bonds. The second-order valence-electron chi connectivity index (χ2n) is 2.47. The van der Waals surface area contributed by atoms with Crippen molar-refractivity contribution >= 4 is 24.8 Å². The van der Waals surface area contributed by atoms with Gasteiger partial charge < -0.3 is 11.1 Å². The topological polar surface area (TPSA) is 38.0 Å². The third-order valence-corrected chi connectivity index (χ3v) is 1.26. The normalized spacial score (nSPS) is 11.2. The molecule has 0 radical (unpaired) electrons. The molecule has 0 saturated heterocycles. The zero-order valence-corrected chi connectivity index (χ0v) is 8.93. The highest BCUT2D eigenvalue weighted by Crippen LogP contribution is 1.89. The third kappa shape index (κ3) is 18.0. The number of halogens is 2. The van der Waals surface area contributed by atoms with Gasteiger partial charge in [-0.1, -0.05) is 6.92 Å². The minimum atomic E-state index is 0. The Kier molecular flexibility index (Phi) is 20.9. The summed E-state index contributed by atoms with van der Waals surface area (Å²) in [5.41, 5.74) is 5.55. The van der Waals surface area contributed by atoms with Gasteiger partial charge in [-0.25, -0.2) is 0 Å². The number of rotatable bonds is 5. The molecule has 11 heavy (non-hydrogen) atoms. The standard InChI is InChI=1S/C7H18N2.2ClH/c1-3-9-6-4-5-7(2)8;;/h7,9H,3-6,8H2,1-2H3;2*1H. The first-order valence-corrected chi connectivity index (χ1v) is 3.73. The molecule has 0 aliphatic heterocycles. The van der Waals surface area contributed by atoms with Crippen LogP contribution in [-0.2, 0) is 0 Å². The van der Waals surface area contributed by atoms with Gasteiger partial charge in [-0.05, 0) is 32.9 Å². The van der Waals surface area contributed by atoms with Crippen LogP contribution >= 0.6 is 24.8 Å². The number of hydrogen-bond donors (Lipinski definition) is 2. The fourth-order valence-corrected chi connectivity index (χ4v) is 0.726. The Labute approximate surface area is 82.1 Å². The maximum Gasteiger partial charge on any atom is 0.00109 e. The number of hydrogen-bond acceptors (Lipinski definition) is 2. The fourth-order valence-electron chi connectivity index (χ4n) is 0.726. The minimum absolute atomic E-state index is 0. The van der Waals surface area contributed by atoms with Crippen molar-refractivity contribution in [2.24, 2.45) is 5.73 Å². The Hall–Kier alpha value is 0.500. The van der Waals surface area contributed by atoms with E-state index in [1.807, 2.05) is 6.92 Å². The Bertz CT molecular complexity index is 60.4. The monoisotopic (exact) mass is 202 g/mol. The van der Waals surface area contributed by atoms with Crippen LogP contribution in [0.2, 0.25) is 0 Å². The second-order valence-corrected chi connectivity index (χ2v) is 2.47. The van der Waals surface area contributed by atoms with E-state index >= 15 is 0 Å². The van der Waals surface area contributed by atoms with Crippen molar-refractivity contribution in [2.45, 2.75) is 32.7 Å². The highest BCUT2D eigenvalue weighted by atomic mass is 35.5. The van der Waals surface area contributed by atoms with Crippen LogP contribution in [0.1, 0.15) is 26.7 Å². The van der Waals surface area contributed by atoms with Gasteiger partial charge in [0.15, 0.2) is 0 Å². The SMILES string of the molecule is CCNCCCC(C)N.Cl.Cl. The van der Waals surface area contributed by atoms with E-state index < -0.39 is 0 Å². The fraction of sp³-hybridized carbons (Fsp3) is 1.00. The summed E-state index contributed by atoms with van der Waals surface area (Å²) in [7, 11) is 0. The lowest BCUT2D eigenvalue weighted by Crippen LogP contribution is -2.19. The van der Waals surface area contributed by atoms with Crippen molar-refractivity contribution in [3.05, 3.63) is 0 Å². The van der Waals surface area contributed by atoms with E-state index in [0.29, 0.717) is 6.04 Å². The predicted molar refractivity (Wildman–Crippen MR) is 55.9 cm³/mol. The summed E-state index contributed by atoms with van der Waals surface area (Å²) in [4.78, 5) is 0. The zero-order valence-electron chi connectivity index (χ0n) is 7.30. The molecule has 0 rings (SSSR count). The molecule has 72 valence electrons. The van der Waals surface area contributed by atoms with Crippen molar-refractivity contribution in [3.63, 3.8) is 0 Å². The molecule has 0 bridgehead atoms. The van der Waals surface area contributed by atoms with Gasteiger partial charge in [0.05, 0.1) is 0 Å². The van der Waals surface area contributed by atoms with Crippen LogP contribution in [0.5, 0.6) is 0 Å². The van der Waals surface area contributed by atoms with Crippen LogP contribution in [0.4, 0.5) is 0 Å². The molecule has 4 heteroatoms. The van der Waals surface area contributed by atoms with Crippen LogP contribution < -0.4 is 11.1 Å².